The third kappa shape index (κ3) is 0.990. The quantitative estimate of drug-likeness (QED) is 0.513. The second-order valence-corrected chi connectivity index (χ2v) is 7.00. The number of fused-ring (bicyclic) bond motifs is 1. The third-order valence-corrected chi connectivity index (χ3v) is 6.35. The fourth-order valence-electron chi connectivity index (χ4n) is 5.44. The Morgan fingerprint density at radius 1 is 1.27 bits per heavy atom. The summed E-state index contributed by atoms with van der Waals surface area (Å²) < 4.78 is 0. The first-order valence-corrected chi connectivity index (χ1v) is 6.66. The van der Waals surface area contributed by atoms with Crippen molar-refractivity contribution < 1.29 is 0 Å². The highest BCUT2D eigenvalue weighted by molar-refractivity contribution is 5.23. The molecule has 0 radical (unpaired) electrons. The molecule has 0 amide bonds. The van der Waals surface area contributed by atoms with Crippen molar-refractivity contribution in [2.45, 2.75) is 52.9 Å². The minimum absolute atomic E-state index is 0.540. The smallest absolute Gasteiger partial charge is 0.0146 e. The molecule has 0 aromatic carbocycles. The molecule has 84 valence electrons. The van der Waals surface area contributed by atoms with Gasteiger partial charge >= 0.3 is 0 Å². The van der Waals surface area contributed by atoms with Gasteiger partial charge in [0.15, 0.2) is 0 Å². The van der Waals surface area contributed by atoms with Crippen LogP contribution in [0.2, 0.25) is 0 Å². The molecule has 0 heterocycles. The van der Waals surface area contributed by atoms with Crippen molar-refractivity contribution in [1.82, 2.24) is 0 Å². The maximum absolute atomic E-state index is 4.34. The van der Waals surface area contributed by atoms with Crippen LogP contribution in [-0.2, 0) is 0 Å². The van der Waals surface area contributed by atoms with Gasteiger partial charge in [0.25, 0.3) is 0 Å². The Labute approximate surface area is 94.1 Å². The lowest BCUT2D eigenvalue weighted by Crippen LogP contribution is -2.30. The van der Waals surface area contributed by atoms with Crippen LogP contribution in [0.25, 0.3) is 0 Å². The summed E-state index contributed by atoms with van der Waals surface area (Å²) in [4.78, 5) is 0. The molecule has 0 aromatic heterocycles. The summed E-state index contributed by atoms with van der Waals surface area (Å²) in [6.45, 7) is 11.9. The average molecular weight is 204 g/mol. The summed E-state index contributed by atoms with van der Waals surface area (Å²) in [5.74, 6) is 2.79. The summed E-state index contributed by atoms with van der Waals surface area (Å²) in [7, 11) is 0. The minimum Gasteiger partial charge on any atom is -0.0996 e. The van der Waals surface area contributed by atoms with Gasteiger partial charge in [-0.25, -0.2) is 0 Å². The third-order valence-electron chi connectivity index (χ3n) is 6.35. The van der Waals surface area contributed by atoms with Crippen molar-refractivity contribution in [3.05, 3.63) is 12.2 Å². The summed E-state index contributed by atoms with van der Waals surface area (Å²) >= 11 is 0. The molecular weight excluding hydrogens is 180 g/mol. The van der Waals surface area contributed by atoms with Gasteiger partial charge in [0, 0.05) is 0 Å². The maximum Gasteiger partial charge on any atom is -0.0146 e. The van der Waals surface area contributed by atoms with Gasteiger partial charge in [-0.3, -0.25) is 0 Å². The Morgan fingerprint density at radius 2 is 2.00 bits per heavy atom. The van der Waals surface area contributed by atoms with E-state index in [1.54, 1.807) is 5.57 Å². The van der Waals surface area contributed by atoms with Gasteiger partial charge in [-0.05, 0) is 60.7 Å². The highest BCUT2D eigenvalue weighted by atomic mass is 14.7. The van der Waals surface area contributed by atoms with E-state index in [0.717, 1.165) is 23.2 Å². The average Bonchev–Trinajstić information content (AvgIpc) is 2.57. The summed E-state index contributed by atoms with van der Waals surface area (Å²) in [5.41, 5.74) is 2.82. The topological polar surface area (TPSA) is 0 Å². The molecule has 0 heteroatoms. The van der Waals surface area contributed by atoms with Crippen LogP contribution in [0.3, 0.4) is 0 Å². The lowest BCUT2D eigenvalue weighted by molar-refractivity contribution is 0.118. The van der Waals surface area contributed by atoms with Crippen molar-refractivity contribution in [3.8, 4) is 0 Å². The van der Waals surface area contributed by atoms with Gasteiger partial charge < -0.3 is 0 Å². The predicted molar refractivity (Wildman–Crippen MR) is 64.6 cm³/mol. The zero-order valence-corrected chi connectivity index (χ0v) is 10.5. The van der Waals surface area contributed by atoms with E-state index in [4.69, 9.17) is 0 Å². The fourth-order valence-corrected chi connectivity index (χ4v) is 5.44. The van der Waals surface area contributed by atoms with E-state index in [-0.39, 0.29) is 0 Å². The largest absolute Gasteiger partial charge is 0.0996 e. The van der Waals surface area contributed by atoms with Crippen LogP contribution in [0, 0.1) is 28.6 Å². The van der Waals surface area contributed by atoms with Crippen LogP contribution < -0.4 is 0 Å². The molecule has 3 saturated carbocycles. The summed E-state index contributed by atoms with van der Waals surface area (Å²) in [6, 6.07) is 0. The van der Waals surface area contributed by atoms with E-state index in [1.165, 1.54) is 32.1 Å². The van der Waals surface area contributed by atoms with Crippen molar-refractivity contribution in [1.29, 1.82) is 0 Å². The van der Waals surface area contributed by atoms with E-state index in [0.29, 0.717) is 5.41 Å². The first-order valence-electron chi connectivity index (χ1n) is 6.66. The van der Waals surface area contributed by atoms with Crippen LogP contribution in [0.15, 0.2) is 12.2 Å². The van der Waals surface area contributed by atoms with Crippen molar-refractivity contribution >= 4 is 0 Å². The highest BCUT2D eigenvalue weighted by Gasteiger charge is 2.63. The zero-order chi connectivity index (χ0) is 10.8. The second-order valence-electron chi connectivity index (χ2n) is 7.00. The molecule has 3 fully saturated rings. The minimum atomic E-state index is 0.540. The number of allylic oxidation sites excluding steroid dienone is 1. The summed E-state index contributed by atoms with van der Waals surface area (Å²) in [5, 5.41) is 0. The normalized spacial score (nSPS) is 51.9. The fraction of sp³-hybridized carbons (Fsp3) is 0.867. The Kier molecular flexibility index (Phi) is 1.79. The number of rotatable bonds is 0. The molecule has 15 heavy (non-hydrogen) atoms. The molecule has 0 N–H and O–H groups in total. The van der Waals surface area contributed by atoms with Crippen LogP contribution in [0.4, 0.5) is 0 Å². The van der Waals surface area contributed by atoms with E-state index in [1.807, 2.05) is 0 Å². The Morgan fingerprint density at radius 3 is 2.73 bits per heavy atom. The maximum atomic E-state index is 4.34. The van der Waals surface area contributed by atoms with Crippen LogP contribution in [-0.4, -0.2) is 0 Å². The standard InChI is InChI=1S/C15H24/c1-10-7-8-15-9-12(10)14(3,4)13(15)6-5-11(15)2/h11-13H,1,5-9H2,2-4H3. The lowest BCUT2D eigenvalue weighted by atomic mass is 9.67. The van der Waals surface area contributed by atoms with E-state index >= 15 is 0 Å². The Hall–Kier alpha value is -0.260. The molecule has 4 unspecified atom stereocenters. The van der Waals surface area contributed by atoms with Crippen molar-refractivity contribution in [2.75, 3.05) is 0 Å². The molecule has 0 nitrogen and oxygen atoms in total. The SMILES string of the molecule is C=C1CCC23CC1C(C)(C)C2CCC3C. The van der Waals surface area contributed by atoms with E-state index < -0.39 is 0 Å². The summed E-state index contributed by atoms with van der Waals surface area (Å²) in [6.07, 6.45) is 7.18. The zero-order valence-electron chi connectivity index (χ0n) is 10.5. The molecule has 3 aliphatic carbocycles. The Bertz CT molecular complexity index is 312. The molecule has 0 saturated heterocycles. The first kappa shape index (κ1) is 9.93. The second kappa shape index (κ2) is 2.70. The predicted octanol–water partition coefficient (Wildman–Crippen LogP) is 4.42. The molecule has 3 rings (SSSR count). The molecule has 0 aromatic rings. The van der Waals surface area contributed by atoms with Crippen LogP contribution >= 0.6 is 0 Å². The molecule has 1 spiro atoms. The van der Waals surface area contributed by atoms with Crippen LogP contribution in [0.1, 0.15) is 52.9 Å². The van der Waals surface area contributed by atoms with Gasteiger partial charge in [0.2, 0.25) is 0 Å². The van der Waals surface area contributed by atoms with Gasteiger partial charge in [-0.2, -0.15) is 0 Å². The monoisotopic (exact) mass is 204 g/mol. The Balaban J connectivity index is 2.08. The highest BCUT2D eigenvalue weighted by Crippen LogP contribution is 2.72. The van der Waals surface area contributed by atoms with Crippen LogP contribution in [0.5, 0.6) is 0 Å². The van der Waals surface area contributed by atoms with Gasteiger partial charge in [0.05, 0.1) is 0 Å². The van der Waals surface area contributed by atoms with Gasteiger partial charge in [0.1, 0.15) is 0 Å². The molecule has 4 atom stereocenters. The number of hydrogen-bond donors (Lipinski definition) is 0. The van der Waals surface area contributed by atoms with Crippen molar-refractivity contribution in [2.24, 2.45) is 28.6 Å². The number of hydrogen-bond acceptors (Lipinski definition) is 0. The van der Waals surface area contributed by atoms with E-state index in [9.17, 15) is 0 Å². The molecule has 0 aliphatic heterocycles. The molecule has 3 aliphatic rings. The van der Waals surface area contributed by atoms with Gasteiger partial charge in [-0.15, -0.1) is 0 Å². The lowest BCUT2D eigenvalue weighted by Gasteiger charge is -2.38. The molecule has 2 bridgehead atoms. The van der Waals surface area contributed by atoms with Gasteiger partial charge in [-0.1, -0.05) is 32.9 Å². The molecular formula is C15H24. The van der Waals surface area contributed by atoms with E-state index in [2.05, 4.69) is 27.4 Å². The first-order chi connectivity index (χ1) is 6.98. The van der Waals surface area contributed by atoms with Crippen molar-refractivity contribution in [3.63, 3.8) is 0 Å².